The molecular formula is C18H22ClN2O2+. The molecule has 0 aliphatic rings. The Hall–Kier alpha value is -2.04. The van der Waals surface area contributed by atoms with Gasteiger partial charge in [-0.2, -0.15) is 0 Å². The van der Waals surface area contributed by atoms with Crippen molar-refractivity contribution in [2.75, 3.05) is 20.7 Å². The van der Waals surface area contributed by atoms with Gasteiger partial charge in [0.15, 0.2) is 6.54 Å². The summed E-state index contributed by atoms with van der Waals surface area (Å²) in [7, 11) is 3.62. The molecule has 5 heteroatoms. The van der Waals surface area contributed by atoms with Crippen LogP contribution >= 0.6 is 11.6 Å². The molecule has 23 heavy (non-hydrogen) atoms. The van der Waals surface area contributed by atoms with Crippen LogP contribution in [0, 0.1) is 0 Å². The highest BCUT2D eigenvalue weighted by molar-refractivity contribution is 6.31. The zero-order chi connectivity index (χ0) is 16.7. The lowest BCUT2D eigenvalue weighted by molar-refractivity contribution is -0.885. The van der Waals surface area contributed by atoms with Crippen molar-refractivity contribution in [1.82, 2.24) is 5.32 Å². The van der Waals surface area contributed by atoms with Crippen LogP contribution in [-0.2, 0) is 17.9 Å². The maximum absolute atomic E-state index is 12.0. The molecule has 4 nitrogen and oxygen atoms in total. The van der Waals surface area contributed by atoms with Crippen molar-refractivity contribution in [3.05, 3.63) is 64.7 Å². The molecule has 0 saturated heterocycles. The van der Waals surface area contributed by atoms with Gasteiger partial charge in [-0.05, 0) is 23.8 Å². The molecule has 2 aromatic carbocycles. The minimum Gasteiger partial charge on any atom is -0.497 e. The van der Waals surface area contributed by atoms with Gasteiger partial charge in [-0.25, -0.2) is 0 Å². The van der Waals surface area contributed by atoms with E-state index >= 15 is 0 Å². The van der Waals surface area contributed by atoms with Crippen LogP contribution in [-0.4, -0.2) is 26.6 Å². The average molecular weight is 334 g/mol. The Labute approximate surface area is 142 Å². The first-order chi connectivity index (χ1) is 11.1. The molecule has 0 aliphatic carbocycles. The van der Waals surface area contributed by atoms with E-state index in [1.165, 1.54) is 0 Å². The quantitative estimate of drug-likeness (QED) is 0.809. The third kappa shape index (κ3) is 5.58. The van der Waals surface area contributed by atoms with Gasteiger partial charge in [0.2, 0.25) is 0 Å². The molecule has 0 spiro atoms. The summed E-state index contributed by atoms with van der Waals surface area (Å²) < 4.78 is 5.11. The van der Waals surface area contributed by atoms with Crippen molar-refractivity contribution in [3.63, 3.8) is 0 Å². The maximum Gasteiger partial charge on any atom is 0.275 e. The van der Waals surface area contributed by atoms with Crippen molar-refractivity contribution in [2.45, 2.75) is 13.1 Å². The predicted molar refractivity (Wildman–Crippen MR) is 91.8 cm³/mol. The number of hydrogen-bond donors (Lipinski definition) is 2. The first-order valence-electron chi connectivity index (χ1n) is 7.53. The molecule has 122 valence electrons. The summed E-state index contributed by atoms with van der Waals surface area (Å²) >= 11 is 6.15. The molecule has 0 aliphatic heterocycles. The standard InChI is InChI=1S/C18H21ClN2O2/c1-21(12-15-5-3-4-6-17(15)19)13-18(22)20-11-14-7-9-16(23-2)10-8-14/h3-10H,11-13H2,1-2H3,(H,20,22)/p+1. The lowest BCUT2D eigenvalue weighted by Gasteiger charge is -2.14. The van der Waals surface area contributed by atoms with E-state index in [2.05, 4.69) is 5.32 Å². The Morgan fingerprint density at radius 1 is 1.17 bits per heavy atom. The summed E-state index contributed by atoms with van der Waals surface area (Å²) in [5.74, 6) is 0.828. The second-order valence-corrected chi connectivity index (χ2v) is 5.93. The van der Waals surface area contributed by atoms with E-state index in [-0.39, 0.29) is 5.91 Å². The van der Waals surface area contributed by atoms with Gasteiger partial charge in [-0.1, -0.05) is 41.9 Å². The summed E-state index contributed by atoms with van der Waals surface area (Å²) in [6, 6.07) is 15.4. The average Bonchev–Trinajstić information content (AvgIpc) is 2.55. The molecule has 0 saturated carbocycles. The normalized spacial score (nSPS) is 11.8. The van der Waals surface area contributed by atoms with E-state index in [4.69, 9.17) is 16.3 Å². The number of rotatable bonds is 7. The highest BCUT2D eigenvalue weighted by atomic mass is 35.5. The minimum absolute atomic E-state index is 0.0189. The second kappa shape index (κ2) is 8.56. The van der Waals surface area contributed by atoms with Gasteiger partial charge in [0.25, 0.3) is 5.91 Å². The van der Waals surface area contributed by atoms with E-state index in [1.54, 1.807) is 7.11 Å². The van der Waals surface area contributed by atoms with Crippen molar-refractivity contribution in [2.24, 2.45) is 0 Å². The number of hydrogen-bond acceptors (Lipinski definition) is 2. The fraction of sp³-hybridized carbons (Fsp3) is 0.278. The topological polar surface area (TPSA) is 42.8 Å². The fourth-order valence-electron chi connectivity index (χ4n) is 2.31. The van der Waals surface area contributed by atoms with Crippen molar-refractivity contribution in [1.29, 1.82) is 0 Å². The molecule has 0 aromatic heterocycles. The number of carbonyl (C=O) groups excluding carboxylic acids is 1. The van der Waals surface area contributed by atoms with Crippen LogP contribution in [0.3, 0.4) is 0 Å². The molecule has 0 heterocycles. The molecule has 2 N–H and O–H groups in total. The summed E-state index contributed by atoms with van der Waals surface area (Å²) in [6.07, 6.45) is 0. The summed E-state index contributed by atoms with van der Waals surface area (Å²) in [6.45, 7) is 1.64. The van der Waals surface area contributed by atoms with Gasteiger partial charge in [0, 0.05) is 17.1 Å². The molecule has 0 fully saturated rings. The third-order valence-corrected chi connectivity index (χ3v) is 3.93. The fourth-order valence-corrected chi connectivity index (χ4v) is 2.51. The molecular weight excluding hydrogens is 312 g/mol. The molecule has 2 aromatic rings. The smallest absolute Gasteiger partial charge is 0.275 e. The van der Waals surface area contributed by atoms with Crippen LogP contribution in [0.4, 0.5) is 0 Å². The molecule has 1 atom stereocenters. The molecule has 1 unspecified atom stereocenters. The van der Waals surface area contributed by atoms with Crippen LogP contribution in [0.5, 0.6) is 5.75 Å². The summed E-state index contributed by atoms with van der Waals surface area (Å²) in [4.78, 5) is 13.1. The Bertz CT molecular complexity index is 644. The van der Waals surface area contributed by atoms with Gasteiger partial charge in [-0.15, -0.1) is 0 Å². The van der Waals surface area contributed by atoms with Gasteiger partial charge in [0.1, 0.15) is 12.3 Å². The number of methoxy groups -OCH3 is 1. The number of benzene rings is 2. The van der Waals surface area contributed by atoms with E-state index in [9.17, 15) is 4.79 Å². The number of carbonyl (C=O) groups is 1. The van der Waals surface area contributed by atoms with Gasteiger partial charge in [-0.3, -0.25) is 4.79 Å². The SMILES string of the molecule is COc1ccc(CNC(=O)C[NH+](C)Cc2ccccc2Cl)cc1. The largest absolute Gasteiger partial charge is 0.497 e. The predicted octanol–water partition coefficient (Wildman–Crippen LogP) is 1.68. The Balaban J connectivity index is 1.78. The minimum atomic E-state index is 0.0189. The molecule has 1 amide bonds. The summed E-state index contributed by atoms with van der Waals surface area (Å²) in [5.41, 5.74) is 2.09. The monoisotopic (exact) mass is 333 g/mol. The highest BCUT2D eigenvalue weighted by Gasteiger charge is 2.11. The van der Waals surface area contributed by atoms with Gasteiger partial charge < -0.3 is 15.0 Å². The molecule has 0 bridgehead atoms. The summed E-state index contributed by atoms with van der Waals surface area (Å²) in [5, 5.41) is 3.68. The van der Waals surface area contributed by atoms with Crippen molar-refractivity contribution in [3.8, 4) is 5.75 Å². The van der Waals surface area contributed by atoms with Crippen LogP contribution in [0.25, 0.3) is 0 Å². The lowest BCUT2D eigenvalue weighted by Crippen LogP contribution is -3.08. The third-order valence-electron chi connectivity index (χ3n) is 3.56. The first kappa shape index (κ1) is 17.3. The lowest BCUT2D eigenvalue weighted by atomic mass is 10.2. The number of ether oxygens (including phenoxy) is 1. The van der Waals surface area contributed by atoms with Crippen LogP contribution in [0.2, 0.25) is 5.02 Å². The van der Waals surface area contributed by atoms with Crippen LogP contribution in [0.1, 0.15) is 11.1 Å². The van der Waals surface area contributed by atoms with E-state index in [0.29, 0.717) is 13.1 Å². The first-order valence-corrected chi connectivity index (χ1v) is 7.90. The highest BCUT2D eigenvalue weighted by Crippen LogP contribution is 2.13. The Morgan fingerprint density at radius 2 is 1.87 bits per heavy atom. The van der Waals surface area contributed by atoms with Crippen LogP contribution < -0.4 is 15.0 Å². The van der Waals surface area contributed by atoms with Gasteiger partial charge in [0.05, 0.1) is 14.2 Å². The number of likely N-dealkylation sites (N-methyl/N-ethyl adjacent to an activating group) is 1. The van der Waals surface area contributed by atoms with Crippen LogP contribution in [0.15, 0.2) is 48.5 Å². The number of halogens is 1. The zero-order valence-corrected chi connectivity index (χ0v) is 14.2. The number of quaternary nitrogens is 1. The maximum atomic E-state index is 12.0. The Morgan fingerprint density at radius 3 is 2.52 bits per heavy atom. The molecule has 2 rings (SSSR count). The van der Waals surface area contributed by atoms with E-state index in [0.717, 1.165) is 33.3 Å². The van der Waals surface area contributed by atoms with Crippen molar-refractivity contribution >= 4 is 17.5 Å². The van der Waals surface area contributed by atoms with E-state index in [1.807, 2.05) is 55.6 Å². The number of nitrogens with one attached hydrogen (secondary N) is 2. The van der Waals surface area contributed by atoms with E-state index < -0.39 is 0 Å². The second-order valence-electron chi connectivity index (χ2n) is 5.53. The number of amides is 1. The molecule has 0 radical (unpaired) electrons. The van der Waals surface area contributed by atoms with Gasteiger partial charge >= 0.3 is 0 Å². The zero-order valence-electron chi connectivity index (χ0n) is 13.4. The van der Waals surface area contributed by atoms with Crippen molar-refractivity contribution < 1.29 is 14.4 Å². The Kier molecular flexibility index (Phi) is 6.44.